The predicted octanol–water partition coefficient (Wildman–Crippen LogP) is 4.31. The van der Waals surface area contributed by atoms with Crippen molar-refractivity contribution >= 4 is 23.5 Å². The van der Waals surface area contributed by atoms with Gasteiger partial charge in [-0.25, -0.2) is 4.98 Å². The Morgan fingerprint density at radius 3 is 2.15 bits per heavy atom. The number of rotatable bonds is 5. The minimum atomic E-state index is -5.05. The van der Waals surface area contributed by atoms with Crippen molar-refractivity contribution < 1.29 is 29.1 Å². The van der Waals surface area contributed by atoms with Crippen LogP contribution >= 0.6 is 11.6 Å². The summed E-state index contributed by atoms with van der Waals surface area (Å²) in [7, 11) is 0. The highest BCUT2D eigenvalue weighted by atomic mass is 35.5. The van der Waals surface area contributed by atoms with Gasteiger partial charge < -0.3 is 10.6 Å². The van der Waals surface area contributed by atoms with Crippen LogP contribution in [-0.4, -0.2) is 44.3 Å². The van der Waals surface area contributed by atoms with Crippen LogP contribution in [0.5, 0.6) is 0 Å². The van der Waals surface area contributed by atoms with E-state index in [-0.39, 0.29) is 16.9 Å². The predicted molar refractivity (Wildman–Crippen MR) is 86.3 cm³/mol. The SMILES string of the molecule is [2H]c1ccc(Cl)nc1-c1nc(NC(C)C(F)(F)F)nc(NC([2H])(C)C(F)(F)F)n1. The van der Waals surface area contributed by atoms with Crippen molar-refractivity contribution in [1.82, 2.24) is 19.9 Å². The Morgan fingerprint density at radius 2 is 1.59 bits per heavy atom. The van der Waals surface area contributed by atoms with E-state index in [1.807, 2.05) is 5.32 Å². The molecule has 0 aliphatic carbocycles. The van der Waals surface area contributed by atoms with Gasteiger partial charge in [0.1, 0.15) is 22.9 Å². The molecule has 2 rings (SSSR count). The summed E-state index contributed by atoms with van der Waals surface area (Å²) in [5.41, 5.74) is -0.302. The standard InChI is InChI=1S/C14H13ClF6N6/c1-6(13(16,17)18)22-11-25-10(8-4-3-5-9(15)24-8)26-12(27-11)23-7(2)14(19,20)21/h3-7H,1-2H3,(H2,22,23,25,26,27)/i4D,6D. The first-order chi connectivity index (χ1) is 13.1. The Balaban J connectivity index is 2.56. The van der Waals surface area contributed by atoms with Gasteiger partial charge >= 0.3 is 12.4 Å². The first kappa shape index (κ1) is 18.0. The number of pyridine rings is 1. The van der Waals surface area contributed by atoms with E-state index in [0.717, 1.165) is 6.92 Å². The van der Waals surface area contributed by atoms with E-state index in [4.69, 9.17) is 14.3 Å². The molecule has 0 aliphatic heterocycles. The highest BCUT2D eigenvalue weighted by molar-refractivity contribution is 6.29. The van der Waals surface area contributed by atoms with Crippen molar-refractivity contribution in [3.05, 3.63) is 23.3 Å². The highest BCUT2D eigenvalue weighted by Gasteiger charge is 2.38. The molecule has 0 radical (unpaired) electrons. The van der Waals surface area contributed by atoms with E-state index in [9.17, 15) is 26.3 Å². The van der Waals surface area contributed by atoms with Gasteiger partial charge in [0.15, 0.2) is 5.82 Å². The summed E-state index contributed by atoms with van der Waals surface area (Å²) in [4.78, 5) is 14.6. The Hall–Kier alpha value is -2.37. The van der Waals surface area contributed by atoms with Crippen LogP contribution in [0.2, 0.25) is 5.15 Å². The molecule has 0 saturated carbocycles. The molecule has 0 aromatic carbocycles. The van der Waals surface area contributed by atoms with Gasteiger partial charge in [-0.2, -0.15) is 41.3 Å². The van der Waals surface area contributed by atoms with E-state index >= 15 is 0 Å². The third-order valence-corrected chi connectivity index (χ3v) is 3.28. The third-order valence-electron chi connectivity index (χ3n) is 3.07. The summed E-state index contributed by atoms with van der Waals surface area (Å²) in [5.74, 6) is -2.09. The molecule has 6 nitrogen and oxygen atoms in total. The molecule has 148 valence electrons. The summed E-state index contributed by atoms with van der Waals surface area (Å²) < 4.78 is 92.6. The van der Waals surface area contributed by atoms with Gasteiger partial charge in [0, 0.05) is 0 Å². The minimum Gasteiger partial charge on any atom is -0.343 e. The Kier molecular flexibility index (Phi) is 5.14. The van der Waals surface area contributed by atoms with Gasteiger partial charge in [-0.3, -0.25) is 0 Å². The monoisotopic (exact) mass is 416 g/mol. The number of halogens is 7. The largest absolute Gasteiger partial charge is 0.408 e. The van der Waals surface area contributed by atoms with Crippen LogP contribution in [0.3, 0.4) is 0 Å². The van der Waals surface area contributed by atoms with Crippen LogP contribution in [0.4, 0.5) is 38.2 Å². The maximum atomic E-state index is 13.0. The molecule has 2 N–H and O–H groups in total. The molecule has 2 unspecified atom stereocenters. The zero-order chi connectivity index (χ0) is 22.2. The fourth-order valence-corrected chi connectivity index (χ4v) is 1.74. The minimum absolute atomic E-state index is 0.107. The van der Waals surface area contributed by atoms with Gasteiger partial charge in [0.2, 0.25) is 11.9 Å². The van der Waals surface area contributed by atoms with Crippen LogP contribution < -0.4 is 10.6 Å². The highest BCUT2D eigenvalue weighted by Crippen LogP contribution is 2.26. The van der Waals surface area contributed by atoms with E-state index in [2.05, 4.69) is 19.9 Å². The number of anilines is 2. The van der Waals surface area contributed by atoms with Crippen LogP contribution in [0.15, 0.2) is 18.2 Å². The fourth-order valence-electron chi connectivity index (χ4n) is 1.60. The molecule has 2 heterocycles. The summed E-state index contributed by atoms with van der Waals surface area (Å²) in [5, 5.41) is 3.48. The topological polar surface area (TPSA) is 75.6 Å². The second kappa shape index (κ2) is 7.71. The molecular formula is C14H13ClF6N6. The zero-order valence-electron chi connectivity index (χ0n) is 15.7. The molecule has 0 saturated heterocycles. The van der Waals surface area contributed by atoms with Crippen molar-refractivity contribution in [2.45, 2.75) is 38.3 Å². The van der Waals surface area contributed by atoms with Gasteiger partial charge in [-0.1, -0.05) is 17.7 Å². The first-order valence-corrected chi connectivity index (χ1v) is 7.56. The number of hydrogen-bond donors (Lipinski definition) is 2. The number of aromatic nitrogens is 4. The molecule has 2 aromatic heterocycles. The summed E-state index contributed by atoms with van der Waals surface area (Å²) in [6.45, 7) is 1.21. The van der Waals surface area contributed by atoms with E-state index in [1.165, 1.54) is 12.1 Å². The lowest BCUT2D eigenvalue weighted by molar-refractivity contribution is -0.139. The van der Waals surface area contributed by atoms with Crippen LogP contribution in [0.1, 0.15) is 16.6 Å². The summed E-state index contributed by atoms with van der Waals surface area (Å²) in [6, 6.07) is -3.26. The molecule has 27 heavy (non-hydrogen) atoms. The third kappa shape index (κ3) is 5.81. The lowest BCUT2D eigenvalue weighted by Gasteiger charge is -2.20. The number of nitrogens with zero attached hydrogens (tertiary/aromatic N) is 4. The number of hydrogen-bond acceptors (Lipinski definition) is 6. The van der Waals surface area contributed by atoms with Crippen LogP contribution in [0.25, 0.3) is 11.5 Å². The lowest BCUT2D eigenvalue weighted by atomic mass is 10.3. The molecule has 2 aromatic rings. The second-order valence-corrected chi connectivity index (χ2v) is 5.61. The van der Waals surface area contributed by atoms with E-state index in [0.29, 0.717) is 6.92 Å². The number of alkyl halides is 6. The lowest BCUT2D eigenvalue weighted by Crippen LogP contribution is -2.35. The molecular weight excluding hydrogens is 402 g/mol. The van der Waals surface area contributed by atoms with Crippen molar-refractivity contribution in [2.24, 2.45) is 0 Å². The van der Waals surface area contributed by atoms with Crippen LogP contribution in [0, 0.1) is 0 Å². The number of nitrogens with one attached hydrogen (secondary N) is 2. The quantitative estimate of drug-likeness (QED) is 0.558. The Morgan fingerprint density at radius 1 is 1.00 bits per heavy atom. The van der Waals surface area contributed by atoms with Crippen molar-refractivity contribution in [3.8, 4) is 11.5 Å². The average Bonchev–Trinajstić information content (AvgIpc) is 2.54. The molecule has 13 heteroatoms. The molecule has 0 fully saturated rings. The van der Waals surface area contributed by atoms with Crippen molar-refractivity contribution in [2.75, 3.05) is 10.6 Å². The smallest absolute Gasteiger partial charge is 0.343 e. The van der Waals surface area contributed by atoms with E-state index < -0.39 is 42.1 Å². The van der Waals surface area contributed by atoms with Gasteiger partial charge in [0.05, 0.1) is 2.74 Å². The maximum Gasteiger partial charge on any atom is 0.408 e. The van der Waals surface area contributed by atoms with Gasteiger partial charge in [-0.15, -0.1) is 0 Å². The second-order valence-electron chi connectivity index (χ2n) is 5.22. The summed E-state index contributed by atoms with van der Waals surface area (Å²) in [6.07, 6.45) is -9.76. The molecule has 0 aliphatic rings. The maximum absolute atomic E-state index is 13.0. The van der Waals surface area contributed by atoms with E-state index in [1.54, 1.807) is 5.32 Å². The van der Waals surface area contributed by atoms with Crippen molar-refractivity contribution in [3.63, 3.8) is 0 Å². The molecule has 2 atom stereocenters. The molecule has 0 bridgehead atoms. The Labute approximate surface area is 157 Å². The van der Waals surface area contributed by atoms with Crippen molar-refractivity contribution in [1.29, 1.82) is 0 Å². The zero-order valence-corrected chi connectivity index (χ0v) is 14.4. The Bertz CT molecular complexity index is 892. The molecule has 0 spiro atoms. The van der Waals surface area contributed by atoms with Crippen LogP contribution in [-0.2, 0) is 0 Å². The summed E-state index contributed by atoms with van der Waals surface area (Å²) >= 11 is 5.73. The van der Waals surface area contributed by atoms with Gasteiger partial charge in [0.25, 0.3) is 0 Å². The first-order valence-electron chi connectivity index (χ1n) is 8.18. The fraction of sp³-hybridized carbons (Fsp3) is 0.429. The average molecular weight is 417 g/mol. The molecule has 0 amide bonds. The normalized spacial score (nSPS) is 16.8. The van der Waals surface area contributed by atoms with Gasteiger partial charge in [-0.05, 0) is 26.0 Å².